The maximum Gasteiger partial charge on any atom is 0.416 e. The van der Waals surface area contributed by atoms with E-state index in [1.807, 2.05) is 32.3 Å². The van der Waals surface area contributed by atoms with E-state index in [2.05, 4.69) is 20.9 Å². The van der Waals surface area contributed by atoms with E-state index in [1.54, 1.807) is 12.1 Å². The summed E-state index contributed by atoms with van der Waals surface area (Å²) < 4.78 is 39.8. The number of quaternary nitrogens is 1. The molecular weight excluding hydrogens is 553 g/mol. The number of nitrogens with one attached hydrogen (secondary N) is 3. The molecule has 0 aliphatic carbocycles. The van der Waals surface area contributed by atoms with Crippen molar-refractivity contribution in [2.24, 2.45) is 5.73 Å². The van der Waals surface area contributed by atoms with Crippen molar-refractivity contribution in [3.05, 3.63) is 71.9 Å². The van der Waals surface area contributed by atoms with Crippen LogP contribution in [0.2, 0.25) is 0 Å². The average Bonchev–Trinajstić information content (AvgIpc) is 2.91. The number of fused-ring (bicyclic) bond motifs is 1. The van der Waals surface area contributed by atoms with E-state index in [1.165, 1.54) is 18.3 Å². The minimum Gasteiger partial charge on any atom is -0.465 e. The number of pyridine rings is 1. The van der Waals surface area contributed by atoms with Crippen LogP contribution in [0.4, 0.5) is 23.7 Å². The number of alkyl halides is 3. The molecule has 2 atom stereocenters. The smallest absolute Gasteiger partial charge is 0.416 e. The molecule has 0 unspecified atom stereocenters. The molecule has 3 amide bonds. The van der Waals surface area contributed by atoms with Crippen LogP contribution in [-0.4, -0.2) is 78.3 Å². The number of nitrogens with two attached hydrogens (primary N) is 1. The first-order valence-corrected chi connectivity index (χ1v) is 13.4. The largest absolute Gasteiger partial charge is 0.465 e. The average molecular weight is 590 g/mol. The van der Waals surface area contributed by atoms with Gasteiger partial charge in [0.2, 0.25) is 11.8 Å². The van der Waals surface area contributed by atoms with Gasteiger partial charge in [0.25, 0.3) is 0 Å². The number of likely N-dealkylation sites (N-methyl/N-ethyl adjacent to an activating group) is 1. The summed E-state index contributed by atoms with van der Waals surface area (Å²) in [5, 5.41) is 17.6. The van der Waals surface area contributed by atoms with Crippen molar-refractivity contribution in [1.29, 1.82) is 0 Å². The van der Waals surface area contributed by atoms with Gasteiger partial charge in [0.05, 0.1) is 50.1 Å². The number of aromatic nitrogens is 1. The van der Waals surface area contributed by atoms with Crippen molar-refractivity contribution in [1.82, 2.24) is 15.6 Å². The molecule has 42 heavy (non-hydrogen) atoms. The highest BCUT2D eigenvalue weighted by Crippen LogP contribution is 2.29. The molecule has 0 saturated carbocycles. The summed E-state index contributed by atoms with van der Waals surface area (Å²) in [6.45, 7) is 1.80. The Kier molecular flexibility index (Phi) is 10.8. The number of anilines is 1. The number of para-hydroxylation sites is 1. The number of rotatable bonds is 13. The Morgan fingerprint density at radius 3 is 2.31 bits per heavy atom. The summed E-state index contributed by atoms with van der Waals surface area (Å²) >= 11 is 0. The molecule has 0 spiro atoms. The molecule has 0 radical (unpaired) electrons. The van der Waals surface area contributed by atoms with Crippen LogP contribution in [0.5, 0.6) is 0 Å². The standard InChI is InChI=1S/C29H35F3N6O4/c1-38(2,15-13-33)14-5-8-24(37-28(41)42)26(39)36-25(16-19-9-11-21(12-10-19)29(30,31)32)27(40)35-22-17-20-6-3-4-7-23(20)34-18-22/h3-4,6-7,9-12,17-18,24-25,37H,5,8,13-16,33H2,1-2H3,(H2-,35,36,39,40,41,42)/p+1/t24-,25+/m0/s1. The van der Waals surface area contributed by atoms with Crippen LogP contribution in [0.3, 0.4) is 0 Å². The second kappa shape index (κ2) is 14.1. The highest BCUT2D eigenvalue weighted by molar-refractivity contribution is 5.99. The van der Waals surface area contributed by atoms with Crippen LogP contribution in [-0.2, 0) is 22.2 Å². The van der Waals surface area contributed by atoms with Gasteiger partial charge in [0.1, 0.15) is 12.1 Å². The van der Waals surface area contributed by atoms with Gasteiger partial charge in [-0.2, -0.15) is 13.2 Å². The number of halogens is 3. The fourth-order valence-corrected chi connectivity index (χ4v) is 4.52. The number of carbonyl (C=O) groups is 3. The molecule has 0 fully saturated rings. The van der Waals surface area contributed by atoms with Gasteiger partial charge < -0.3 is 31.3 Å². The number of carboxylic acid groups (broad SMARTS) is 1. The summed E-state index contributed by atoms with van der Waals surface area (Å²) in [5.41, 5.74) is 6.23. The molecule has 226 valence electrons. The first kappa shape index (κ1) is 32.3. The summed E-state index contributed by atoms with van der Waals surface area (Å²) in [6, 6.07) is 10.8. The maximum absolute atomic E-state index is 13.4. The van der Waals surface area contributed by atoms with Crippen molar-refractivity contribution >= 4 is 34.5 Å². The predicted octanol–water partition coefficient (Wildman–Crippen LogP) is 3.37. The lowest BCUT2D eigenvalue weighted by Crippen LogP contribution is -2.53. The molecule has 2 aromatic carbocycles. The van der Waals surface area contributed by atoms with Crippen molar-refractivity contribution in [3.63, 3.8) is 0 Å². The first-order valence-electron chi connectivity index (χ1n) is 13.4. The Bertz CT molecular complexity index is 1380. The van der Waals surface area contributed by atoms with Crippen LogP contribution in [0.25, 0.3) is 10.9 Å². The van der Waals surface area contributed by atoms with Gasteiger partial charge in [0.15, 0.2) is 0 Å². The third kappa shape index (κ3) is 9.70. The minimum absolute atomic E-state index is 0.142. The molecule has 0 aliphatic heterocycles. The van der Waals surface area contributed by atoms with Crippen LogP contribution in [0.1, 0.15) is 24.0 Å². The van der Waals surface area contributed by atoms with E-state index in [0.717, 1.165) is 17.5 Å². The maximum atomic E-state index is 13.4. The zero-order valence-electron chi connectivity index (χ0n) is 23.4. The summed E-state index contributed by atoms with van der Waals surface area (Å²) in [7, 11) is 3.94. The van der Waals surface area contributed by atoms with Gasteiger partial charge >= 0.3 is 12.3 Å². The molecular formula is C29H36F3N6O4+. The molecule has 0 bridgehead atoms. The number of hydrogen-bond donors (Lipinski definition) is 5. The molecule has 1 heterocycles. The Morgan fingerprint density at radius 2 is 1.67 bits per heavy atom. The number of hydrogen-bond acceptors (Lipinski definition) is 5. The zero-order chi connectivity index (χ0) is 30.9. The van der Waals surface area contributed by atoms with E-state index >= 15 is 0 Å². The van der Waals surface area contributed by atoms with E-state index < -0.39 is 41.7 Å². The van der Waals surface area contributed by atoms with Gasteiger partial charge in [-0.05, 0) is 42.7 Å². The molecule has 6 N–H and O–H groups in total. The van der Waals surface area contributed by atoms with E-state index in [0.29, 0.717) is 47.3 Å². The van der Waals surface area contributed by atoms with Crippen LogP contribution in [0.15, 0.2) is 60.8 Å². The van der Waals surface area contributed by atoms with Crippen LogP contribution in [0, 0.1) is 0 Å². The lowest BCUT2D eigenvalue weighted by atomic mass is 10.0. The lowest BCUT2D eigenvalue weighted by Gasteiger charge is -2.30. The molecule has 10 nitrogen and oxygen atoms in total. The monoisotopic (exact) mass is 589 g/mol. The Morgan fingerprint density at radius 1 is 0.976 bits per heavy atom. The minimum atomic E-state index is -4.53. The molecule has 3 rings (SSSR count). The summed E-state index contributed by atoms with van der Waals surface area (Å²) in [6.07, 6.45) is -3.97. The van der Waals surface area contributed by atoms with Gasteiger partial charge in [-0.3, -0.25) is 14.6 Å². The second-order valence-electron chi connectivity index (χ2n) is 10.7. The predicted molar refractivity (Wildman–Crippen MR) is 153 cm³/mol. The summed E-state index contributed by atoms with van der Waals surface area (Å²) in [4.78, 5) is 42.4. The van der Waals surface area contributed by atoms with Crippen LogP contribution < -0.4 is 21.7 Å². The van der Waals surface area contributed by atoms with E-state index in [-0.39, 0.29) is 12.8 Å². The molecule has 0 saturated heterocycles. The number of carbonyl (C=O) groups excluding carboxylic acids is 2. The van der Waals surface area contributed by atoms with Crippen molar-refractivity contribution < 1.29 is 37.1 Å². The van der Waals surface area contributed by atoms with Gasteiger partial charge in [-0.1, -0.05) is 30.3 Å². The Hall–Kier alpha value is -4.23. The Balaban J connectivity index is 1.81. The fourth-order valence-electron chi connectivity index (χ4n) is 4.52. The third-order valence-electron chi connectivity index (χ3n) is 6.82. The number of amides is 3. The zero-order valence-corrected chi connectivity index (χ0v) is 23.4. The van der Waals surface area contributed by atoms with Gasteiger partial charge in [-0.25, -0.2) is 4.79 Å². The molecule has 0 aliphatic rings. The fraction of sp³-hybridized carbons (Fsp3) is 0.379. The van der Waals surface area contributed by atoms with E-state index in [4.69, 9.17) is 5.73 Å². The third-order valence-corrected chi connectivity index (χ3v) is 6.82. The number of nitrogens with zero attached hydrogens (tertiary/aromatic N) is 2. The van der Waals surface area contributed by atoms with E-state index in [9.17, 15) is 32.7 Å². The second-order valence-corrected chi connectivity index (χ2v) is 10.7. The molecule has 3 aromatic rings. The SMILES string of the molecule is C[N+](C)(CCN)CCC[C@H](NC(=O)O)C(=O)N[C@H](Cc1ccc(C(F)(F)F)cc1)C(=O)Nc1cnc2ccccc2c1. The first-order chi connectivity index (χ1) is 19.8. The highest BCUT2D eigenvalue weighted by Gasteiger charge is 2.31. The van der Waals surface area contributed by atoms with Crippen molar-refractivity contribution in [2.45, 2.75) is 37.5 Å². The topological polar surface area (TPSA) is 146 Å². The lowest BCUT2D eigenvalue weighted by molar-refractivity contribution is -0.889. The van der Waals surface area contributed by atoms with Gasteiger partial charge in [-0.15, -0.1) is 0 Å². The van der Waals surface area contributed by atoms with Crippen molar-refractivity contribution in [3.8, 4) is 0 Å². The summed E-state index contributed by atoms with van der Waals surface area (Å²) in [5.74, 6) is -1.37. The number of benzene rings is 2. The quantitative estimate of drug-likeness (QED) is 0.193. The molecule has 1 aromatic heterocycles. The van der Waals surface area contributed by atoms with Gasteiger partial charge in [0, 0.05) is 18.4 Å². The normalized spacial score (nSPS) is 13.3. The highest BCUT2D eigenvalue weighted by atomic mass is 19.4. The Labute approximate surface area is 241 Å². The molecule has 13 heteroatoms. The van der Waals surface area contributed by atoms with Crippen LogP contribution >= 0.6 is 0 Å². The van der Waals surface area contributed by atoms with Crippen molar-refractivity contribution in [2.75, 3.05) is 39.0 Å².